The van der Waals surface area contributed by atoms with Crippen LogP contribution in [0.5, 0.6) is 0 Å². The molecule has 0 spiro atoms. The second-order valence-electron chi connectivity index (χ2n) is 3.18. The van der Waals surface area contributed by atoms with Crippen LogP contribution in [0, 0.1) is 6.92 Å². The Bertz CT molecular complexity index is 509. The molecule has 0 saturated heterocycles. The molecule has 82 valence electrons. The molecule has 0 saturated carbocycles. The number of carbonyl (C=O) groups is 1. The van der Waals surface area contributed by atoms with Crippen molar-refractivity contribution in [2.75, 3.05) is 0 Å². The first-order valence-electron chi connectivity index (χ1n) is 4.66. The van der Waals surface area contributed by atoms with E-state index < -0.39 is 0 Å². The Morgan fingerprint density at radius 2 is 2.06 bits per heavy atom. The topological polar surface area (TPSA) is 60.7 Å². The van der Waals surface area contributed by atoms with Crippen molar-refractivity contribution in [2.24, 2.45) is 7.05 Å². The molecule has 0 radical (unpaired) electrons. The van der Waals surface area contributed by atoms with Crippen molar-refractivity contribution in [3.63, 3.8) is 0 Å². The Morgan fingerprint density at radius 1 is 1.38 bits per heavy atom. The van der Waals surface area contributed by atoms with Gasteiger partial charge in [-0.05, 0) is 24.8 Å². The molecule has 2 rings (SSSR count). The molecule has 5 nitrogen and oxygen atoms in total. The molecule has 0 unspecified atom stereocenters. The average molecular weight is 234 g/mol. The fourth-order valence-electron chi connectivity index (χ4n) is 1.33. The molecule has 0 aliphatic rings. The maximum atomic E-state index is 10.9. The monoisotopic (exact) mass is 234 g/mol. The van der Waals surface area contributed by atoms with Crippen molar-refractivity contribution in [1.82, 2.24) is 19.7 Å². The van der Waals surface area contributed by atoms with Gasteiger partial charge in [-0.3, -0.25) is 9.48 Å². The highest BCUT2D eigenvalue weighted by Gasteiger charge is 2.14. The summed E-state index contributed by atoms with van der Waals surface area (Å²) in [6.07, 6.45) is 4.14. The molecule has 0 N–H and O–H groups in total. The molecule has 0 aromatic carbocycles. The van der Waals surface area contributed by atoms with Gasteiger partial charge >= 0.3 is 0 Å². The number of hydrogen-bond donors (Lipinski definition) is 0. The first-order chi connectivity index (χ1) is 7.72. The zero-order chi connectivity index (χ0) is 11.5. The van der Waals surface area contributed by atoms with Gasteiger partial charge in [0.2, 0.25) is 0 Å². The Labute approximate surface area is 96.9 Å². The number of aldehydes is 1. The quantitative estimate of drug-likeness (QED) is 0.594. The summed E-state index contributed by atoms with van der Waals surface area (Å²) in [5.74, 6) is 0. The molecular weight excluding hydrogens is 224 g/mol. The van der Waals surface area contributed by atoms with Crippen LogP contribution >= 0.6 is 11.8 Å². The van der Waals surface area contributed by atoms with Gasteiger partial charge in [-0.2, -0.15) is 5.10 Å². The van der Waals surface area contributed by atoms with Crippen LogP contribution in [0.2, 0.25) is 0 Å². The lowest BCUT2D eigenvalue weighted by Gasteiger charge is -2.00. The molecule has 2 heterocycles. The van der Waals surface area contributed by atoms with Gasteiger partial charge in [0.15, 0.2) is 11.4 Å². The van der Waals surface area contributed by atoms with Crippen LogP contribution in [0.15, 0.2) is 28.6 Å². The highest BCUT2D eigenvalue weighted by atomic mass is 32.2. The predicted octanol–water partition coefficient (Wildman–Crippen LogP) is 1.48. The minimum Gasteiger partial charge on any atom is -0.298 e. The Morgan fingerprint density at radius 3 is 2.69 bits per heavy atom. The van der Waals surface area contributed by atoms with Crippen molar-refractivity contribution in [2.45, 2.75) is 17.1 Å². The fourth-order valence-corrected chi connectivity index (χ4v) is 2.21. The predicted molar refractivity (Wildman–Crippen MR) is 59.5 cm³/mol. The third-order valence-corrected chi connectivity index (χ3v) is 3.13. The molecule has 2 aromatic rings. The third kappa shape index (κ3) is 1.96. The number of hydrogen-bond acceptors (Lipinski definition) is 5. The summed E-state index contributed by atoms with van der Waals surface area (Å²) < 4.78 is 1.67. The Balaban J connectivity index is 2.38. The van der Waals surface area contributed by atoms with E-state index >= 15 is 0 Å². The number of carbonyl (C=O) groups excluding carboxylic acids is 1. The highest BCUT2D eigenvalue weighted by molar-refractivity contribution is 7.99. The van der Waals surface area contributed by atoms with E-state index in [1.165, 1.54) is 11.8 Å². The SMILES string of the molecule is Cc1nn(C)c(Sc2ncccn2)c1C=O. The summed E-state index contributed by atoms with van der Waals surface area (Å²) in [5, 5.41) is 5.55. The normalized spacial score (nSPS) is 10.4. The molecule has 6 heteroatoms. The molecule has 0 amide bonds. The molecular formula is C10H10N4OS. The van der Waals surface area contributed by atoms with E-state index in [0.717, 1.165) is 17.0 Å². The van der Waals surface area contributed by atoms with E-state index in [2.05, 4.69) is 15.1 Å². The van der Waals surface area contributed by atoms with E-state index in [0.29, 0.717) is 10.7 Å². The van der Waals surface area contributed by atoms with E-state index in [4.69, 9.17) is 0 Å². The zero-order valence-electron chi connectivity index (χ0n) is 8.91. The summed E-state index contributed by atoms with van der Waals surface area (Å²) in [5.41, 5.74) is 1.32. The van der Waals surface area contributed by atoms with Gasteiger partial charge in [-0.1, -0.05) is 0 Å². The van der Waals surface area contributed by atoms with Crippen LogP contribution in [0.25, 0.3) is 0 Å². The third-order valence-electron chi connectivity index (χ3n) is 2.06. The molecule has 0 aliphatic heterocycles. The molecule has 16 heavy (non-hydrogen) atoms. The smallest absolute Gasteiger partial charge is 0.193 e. The van der Waals surface area contributed by atoms with Gasteiger partial charge in [-0.25, -0.2) is 9.97 Å². The minimum absolute atomic E-state index is 0.597. The van der Waals surface area contributed by atoms with Gasteiger partial charge in [-0.15, -0.1) is 0 Å². The number of rotatable bonds is 3. The number of aromatic nitrogens is 4. The van der Waals surface area contributed by atoms with Crippen LogP contribution in [0.3, 0.4) is 0 Å². The van der Waals surface area contributed by atoms with Crippen molar-refractivity contribution in [3.05, 3.63) is 29.7 Å². The van der Waals surface area contributed by atoms with Crippen molar-refractivity contribution < 1.29 is 4.79 Å². The average Bonchev–Trinajstić information content (AvgIpc) is 2.55. The van der Waals surface area contributed by atoms with Crippen molar-refractivity contribution >= 4 is 18.0 Å². The summed E-state index contributed by atoms with van der Waals surface area (Å²) in [4.78, 5) is 19.1. The Hall–Kier alpha value is -1.69. The lowest BCUT2D eigenvalue weighted by molar-refractivity contribution is 0.112. The number of nitrogens with zero attached hydrogens (tertiary/aromatic N) is 4. The molecule has 0 bridgehead atoms. The second-order valence-corrected chi connectivity index (χ2v) is 4.14. The van der Waals surface area contributed by atoms with Gasteiger partial charge in [0.25, 0.3) is 0 Å². The lowest BCUT2D eigenvalue weighted by Crippen LogP contribution is -1.94. The van der Waals surface area contributed by atoms with Crippen LogP contribution in [-0.2, 0) is 7.05 Å². The summed E-state index contributed by atoms with van der Waals surface area (Å²) >= 11 is 1.33. The first kappa shape index (κ1) is 10.8. The summed E-state index contributed by atoms with van der Waals surface area (Å²) in [7, 11) is 1.80. The van der Waals surface area contributed by atoms with E-state index in [1.807, 2.05) is 0 Å². The zero-order valence-corrected chi connectivity index (χ0v) is 9.73. The molecule has 0 aliphatic carbocycles. The minimum atomic E-state index is 0.597. The standard InChI is InChI=1S/C10H10N4OS/c1-7-8(6-15)9(14(2)13-7)16-10-11-4-3-5-12-10/h3-6H,1-2H3. The van der Waals surface area contributed by atoms with Gasteiger partial charge in [0.05, 0.1) is 11.3 Å². The van der Waals surface area contributed by atoms with Crippen molar-refractivity contribution in [3.8, 4) is 0 Å². The second kappa shape index (κ2) is 4.44. The molecule has 2 aromatic heterocycles. The van der Waals surface area contributed by atoms with E-state index in [1.54, 1.807) is 37.1 Å². The lowest BCUT2D eigenvalue weighted by atomic mass is 10.3. The van der Waals surface area contributed by atoms with Crippen LogP contribution in [-0.4, -0.2) is 26.0 Å². The Kier molecular flexibility index (Phi) is 3.00. The van der Waals surface area contributed by atoms with Gasteiger partial charge in [0.1, 0.15) is 5.03 Å². The van der Waals surface area contributed by atoms with E-state index in [9.17, 15) is 4.79 Å². The van der Waals surface area contributed by atoms with Crippen LogP contribution < -0.4 is 0 Å². The fraction of sp³-hybridized carbons (Fsp3) is 0.200. The maximum absolute atomic E-state index is 10.9. The maximum Gasteiger partial charge on any atom is 0.193 e. The molecule has 0 fully saturated rings. The number of aryl methyl sites for hydroxylation is 2. The van der Waals surface area contributed by atoms with Crippen LogP contribution in [0.4, 0.5) is 0 Å². The highest BCUT2D eigenvalue weighted by Crippen LogP contribution is 2.27. The van der Waals surface area contributed by atoms with Gasteiger partial charge in [0, 0.05) is 19.4 Å². The largest absolute Gasteiger partial charge is 0.298 e. The van der Waals surface area contributed by atoms with Crippen LogP contribution in [0.1, 0.15) is 16.1 Å². The molecule has 0 atom stereocenters. The van der Waals surface area contributed by atoms with Gasteiger partial charge < -0.3 is 0 Å². The first-order valence-corrected chi connectivity index (χ1v) is 5.47. The van der Waals surface area contributed by atoms with Crippen molar-refractivity contribution in [1.29, 1.82) is 0 Å². The van der Waals surface area contributed by atoms with E-state index in [-0.39, 0.29) is 0 Å². The summed E-state index contributed by atoms with van der Waals surface area (Å²) in [6.45, 7) is 1.81. The summed E-state index contributed by atoms with van der Waals surface area (Å²) in [6, 6.07) is 1.75.